The average Bonchev–Trinajstić information content (AvgIpc) is 2.67. The highest BCUT2D eigenvalue weighted by molar-refractivity contribution is 5.41. The van der Waals surface area contributed by atoms with Gasteiger partial charge in [0.2, 0.25) is 5.88 Å². The molecule has 1 aromatic carbocycles. The molecule has 5 nitrogen and oxygen atoms in total. The standard InChI is InChI=1S/C18H18F2N4O/c19-9-15-11-24(7-6-22-15)17-2-1-3-18(23-17)25-12-14-5-4-13(10-21)8-16(14)20/h1-5,8,15,22H,6-7,9,11-12H2/t15-/m0/s1. The Morgan fingerprint density at radius 3 is 3.00 bits per heavy atom. The van der Waals surface area contributed by atoms with Crippen molar-refractivity contribution in [2.24, 2.45) is 0 Å². The van der Waals surface area contributed by atoms with Crippen LogP contribution in [-0.4, -0.2) is 37.3 Å². The summed E-state index contributed by atoms with van der Waals surface area (Å²) in [6.45, 7) is 1.56. The number of nitriles is 1. The van der Waals surface area contributed by atoms with Gasteiger partial charge in [0.05, 0.1) is 17.7 Å². The number of hydrogen-bond acceptors (Lipinski definition) is 5. The molecule has 0 aliphatic carbocycles. The molecule has 0 amide bonds. The first-order valence-corrected chi connectivity index (χ1v) is 8.02. The third-order valence-electron chi connectivity index (χ3n) is 4.03. The number of hydrogen-bond donors (Lipinski definition) is 1. The largest absolute Gasteiger partial charge is 0.473 e. The number of nitrogens with one attached hydrogen (secondary N) is 1. The molecule has 0 bridgehead atoms. The molecule has 1 aromatic heterocycles. The molecule has 1 aliphatic heterocycles. The minimum atomic E-state index is -0.483. The Balaban J connectivity index is 1.67. The first-order valence-electron chi connectivity index (χ1n) is 8.02. The van der Waals surface area contributed by atoms with E-state index in [1.807, 2.05) is 17.0 Å². The molecule has 7 heteroatoms. The Hall–Kier alpha value is -2.72. The summed E-state index contributed by atoms with van der Waals surface area (Å²) in [4.78, 5) is 6.42. The number of halogens is 2. The second-order valence-electron chi connectivity index (χ2n) is 5.79. The third-order valence-corrected chi connectivity index (χ3v) is 4.03. The van der Waals surface area contributed by atoms with Gasteiger partial charge in [-0.15, -0.1) is 0 Å². The number of anilines is 1. The number of nitrogens with zero attached hydrogens (tertiary/aromatic N) is 3. The molecular weight excluding hydrogens is 326 g/mol. The molecule has 1 saturated heterocycles. The molecule has 1 N–H and O–H groups in total. The van der Waals surface area contributed by atoms with Gasteiger partial charge in [-0.1, -0.05) is 12.1 Å². The zero-order chi connectivity index (χ0) is 17.6. The van der Waals surface area contributed by atoms with E-state index in [2.05, 4.69) is 10.3 Å². The molecular formula is C18H18F2N4O. The first kappa shape index (κ1) is 17.1. The molecule has 130 valence electrons. The highest BCUT2D eigenvalue weighted by Gasteiger charge is 2.20. The zero-order valence-corrected chi connectivity index (χ0v) is 13.6. The Morgan fingerprint density at radius 1 is 1.36 bits per heavy atom. The third kappa shape index (κ3) is 4.22. The maximum absolute atomic E-state index is 13.9. The van der Waals surface area contributed by atoms with Crippen molar-refractivity contribution in [1.29, 1.82) is 5.26 Å². The summed E-state index contributed by atoms with van der Waals surface area (Å²) in [5.41, 5.74) is 0.619. The fourth-order valence-corrected chi connectivity index (χ4v) is 2.68. The number of benzene rings is 1. The van der Waals surface area contributed by atoms with E-state index in [-0.39, 0.29) is 18.2 Å². The van der Waals surface area contributed by atoms with Crippen molar-refractivity contribution in [3.63, 3.8) is 0 Å². The molecule has 0 saturated carbocycles. The monoisotopic (exact) mass is 344 g/mol. The maximum atomic E-state index is 13.9. The number of alkyl halides is 1. The van der Waals surface area contributed by atoms with Gasteiger partial charge in [-0.2, -0.15) is 10.2 Å². The van der Waals surface area contributed by atoms with E-state index in [0.717, 1.165) is 6.54 Å². The molecule has 0 radical (unpaired) electrons. The van der Waals surface area contributed by atoms with Crippen molar-refractivity contribution in [3.8, 4) is 11.9 Å². The van der Waals surface area contributed by atoms with Crippen LogP contribution in [0.2, 0.25) is 0 Å². The van der Waals surface area contributed by atoms with Crippen molar-refractivity contribution in [2.45, 2.75) is 12.6 Å². The number of aromatic nitrogens is 1. The second kappa shape index (κ2) is 7.90. The Kier molecular flexibility index (Phi) is 5.41. The van der Waals surface area contributed by atoms with Gasteiger partial charge in [-0.05, 0) is 18.2 Å². The van der Waals surface area contributed by atoms with Gasteiger partial charge in [-0.3, -0.25) is 0 Å². The lowest BCUT2D eigenvalue weighted by Crippen LogP contribution is -2.52. The highest BCUT2D eigenvalue weighted by Crippen LogP contribution is 2.19. The van der Waals surface area contributed by atoms with Crippen molar-refractivity contribution in [1.82, 2.24) is 10.3 Å². The Bertz CT molecular complexity index is 778. The summed E-state index contributed by atoms with van der Waals surface area (Å²) in [6, 6.07) is 11.3. The summed E-state index contributed by atoms with van der Waals surface area (Å²) >= 11 is 0. The quantitative estimate of drug-likeness (QED) is 0.903. The first-order chi connectivity index (χ1) is 12.2. The van der Waals surface area contributed by atoms with Crippen LogP contribution in [0.1, 0.15) is 11.1 Å². The number of rotatable bonds is 5. The molecule has 0 unspecified atom stereocenters. The van der Waals surface area contributed by atoms with Gasteiger partial charge in [0, 0.05) is 31.3 Å². The SMILES string of the molecule is N#Cc1ccc(COc2cccc(N3CCN[C@@H](CF)C3)n2)c(F)c1. The number of pyridine rings is 1. The minimum absolute atomic E-state index is 0.0165. The van der Waals surface area contributed by atoms with Crippen molar-refractivity contribution in [3.05, 3.63) is 53.3 Å². The van der Waals surface area contributed by atoms with Crippen LogP contribution in [0.25, 0.3) is 0 Å². The molecule has 2 heterocycles. The predicted octanol–water partition coefficient (Wildman–Crippen LogP) is 2.42. The van der Waals surface area contributed by atoms with Crippen molar-refractivity contribution >= 4 is 5.82 Å². The normalized spacial score (nSPS) is 17.2. The van der Waals surface area contributed by atoms with Crippen LogP contribution in [-0.2, 0) is 6.61 Å². The van der Waals surface area contributed by atoms with Gasteiger partial charge in [0.25, 0.3) is 0 Å². The predicted molar refractivity (Wildman–Crippen MR) is 89.7 cm³/mol. The molecule has 2 aromatic rings. The number of ether oxygens (including phenoxy) is 1. The molecule has 3 rings (SSSR count). The molecule has 25 heavy (non-hydrogen) atoms. The van der Waals surface area contributed by atoms with E-state index in [0.29, 0.717) is 30.4 Å². The second-order valence-corrected chi connectivity index (χ2v) is 5.79. The van der Waals surface area contributed by atoms with Gasteiger partial charge in [0.1, 0.15) is 24.9 Å². The van der Waals surface area contributed by atoms with Crippen LogP contribution >= 0.6 is 0 Å². The molecule has 0 spiro atoms. The summed E-state index contributed by atoms with van der Waals surface area (Å²) in [5, 5.41) is 11.9. The van der Waals surface area contributed by atoms with Gasteiger partial charge in [0.15, 0.2) is 0 Å². The van der Waals surface area contributed by atoms with Crippen LogP contribution in [0, 0.1) is 17.1 Å². The lowest BCUT2D eigenvalue weighted by molar-refractivity contribution is 0.287. The lowest BCUT2D eigenvalue weighted by atomic mass is 10.1. The van der Waals surface area contributed by atoms with E-state index in [1.165, 1.54) is 12.1 Å². The molecule has 1 atom stereocenters. The van der Waals surface area contributed by atoms with Gasteiger partial charge in [-0.25, -0.2) is 8.78 Å². The topological polar surface area (TPSA) is 61.2 Å². The smallest absolute Gasteiger partial charge is 0.215 e. The van der Waals surface area contributed by atoms with Crippen LogP contribution in [0.4, 0.5) is 14.6 Å². The Labute approximate surface area is 144 Å². The van der Waals surface area contributed by atoms with Gasteiger partial charge >= 0.3 is 0 Å². The van der Waals surface area contributed by atoms with E-state index in [1.54, 1.807) is 18.2 Å². The summed E-state index contributed by atoms with van der Waals surface area (Å²) in [6.07, 6.45) is 0. The molecule has 1 fully saturated rings. The molecule has 1 aliphatic rings. The zero-order valence-electron chi connectivity index (χ0n) is 13.6. The van der Waals surface area contributed by atoms with Crippen molar-refractivity contribution in [2.75, 3.05) is 31.2 Å². The van der Waals surface area contributed by atoms with Crippen LogP contribution in [0.15, 0.2) is 36.4 Å². The lowest BCUT2D eigenvalue weighted by Gasteiger charge is -2.33. The summed E-state index contributed by atoms with van der Waals surface area (Å²) in [5.74, 6) is 0.595. The van der Waals surface area contributed by atoms with Crippen LogP contribution in [0.3, 0.4) is 0 Å². The fourth-order valence-electron chi connectivity index (χ4n) is 2.68. The van der Waals surface area contributed by atoms with E-state index in [4.69, 9.17) is 10.00 Å². The minimum Gasteiger partial charge on any atom is -0.473 e. The van der Waals surface area contributed by atoms with Crippen molar-refractivity contribution < 1.29 is 13.5 Å². The number of piperazine rings is 1. The van der Waals surface area contributed by atoms with Crippen LogP contribution < -0.4 is 15.0 Å². The van der Waals surface area contributed by atoms with E-state index < -0.39 is 12.5 Å². The average molecular weight is 344 g/mol. The summed E-state index contributed by atoms with van der Waals surface area (Å²) in [7, 11) is 0. The highest BCUT2D eigenvalue weighted by atomic mass is 19.1. The fraction of sp³-hybridized carbons (Fsp3) is 0.333. The van der Waals surface area contributed by atoms with Crippen LogP contribution in [0.5, 0.6) is 5.88 Å². The van der Waals surface area contributed by atoms with Gasteiger partial charge < -0.3 is 15.0 Å². The maximum Gasteiger partial charge on any atom is 0.215 e. The van der Waals surface area contributed by atoms with E-state index in [9.17, 15) is 8.78 Å². The van der Waals surface area contributed by atoms with E-state index >= 15 is 0 Å². The summed E-state index contributed by atoms with van der Waals surface area (Å²) < 4.78 is 32.3. The Morgan fingerprint density at radius 2 is 2.24 bits per heavy atom.